The second-order valence-electron chi connectivity index (χ2n) is 7.57. The van der Waals surface area contributed by atoms with Gasteiger partial charge >= 0.3 is 0 Å². The molecule has 2 aliphatic heterocycles. The van der Waals surface area contributed by atoms with Gasteiger partial charge in [-0.15, -0.1) is 10.2 Å². The molecular formula is C18H23N3O3. The first-order chi connectivity index (χ1) is 11.8. The Bertz CT molecular complexity index is 679. The van der Waals surface area contributed by atoms with Crippen LogP contribution in [0.4, 0.5) is 0 Å². The number of carbonyl (C=O) groups is 1. The largest absolute Gasteiger partial charge is 0.422 e. The van der Waals surface area contributed by atoms with Crippen LogP contribution in [0.2, 0.25) is 0 Å². The molecule has 1 aromatic heterocycles. The summed E-state index contributed by atoms with van der Waals surface area (Å²) in [5.41, 5.74) is 0.994. The zero-order valence-corrected chi connectivity index (χ0v) is 13.8. The average Bonchev–Trinajstić information content (AvgIpc) is 3.06. The van der Waals surface area contributed by atoms with E-state index in [-0.39, 0.29) is 18.1 Å². The number of hydrogen-bond acceptors (Lipinski definition) is 5. The molecule has 2 aliphatic carbocycles. The summed E-state index contributed by atoms with van der Waals surface area (Å²) in [6, 6.07) is 0. The summed E-state index contributed by atoms with van der Waals surface area (Å²) in [5.74, 6) is 2.58. The first-order valence-corrected chi connectivity index (χ1v) is 9.25. The number of carbonyl (C=O) groups excluding carboxylic acids is 1. The minimum Gasteiger partial charge on any atom is -0.422 e. The predicted molar refractivity (Wildman–Crippen MR) is 85.1 cm³/mol. The van der Waals surface area contributed by atoms with Crippen LogP contribution >= 0.6 is 0 Å². The van der Waals surface area contributed by atoms with Crippen LogP contribution in [0.25, 0.3) is 0 Å². The number of nitrogens with zero attached hydrogens (tertiary/aromatic N) is 3. The maximum atomic E-state index is 12.6. The smallest absolute Gasteiger partial charge is 0.249 e. The van der Waals surface area contributed by atoms with Crippen LogP contribution in [-0.2, 0) is 9.53 Å². The quantitative estimate of drug-likeness (QED) is 0.853. The molecule has 3 atom stereocenters. The molecular weight excluding hydrogens is 306 g/mol. The second-order valence-corrected chi connectivity index (χ2v) is 7.57. The summed E-state index contributed by atoms with van der Waals surface area (Å²) < 4.78 is 12.0. The average molecular weight is 329 g/mol. The fourth-order valence-corrected chi connectivity index (χ4v) is 4.21. The lowest BCUT2D eigenvalue weighted by molar-refractivity contribution is -0.131. The molecule has 0 N–H and O–H groups in total. The molecule has 1 amide bonds. The number of rotatable bonds is 3. The third-order valence-electron chi connectivity index (χ3n) is 5.81. The van der Waals surface area contributed by atoms with Gasteiger partial charge in [-0.1, -0.05) is 6.08 Å². The van der Waals surface area contributed by atoms with Crippen LogP contribution in [0, 0.1) is 5.92 Å². The van der Waals surface area contributed by atoms with E-state index >= 15 is 0 Å². The molecule has 0 radical (unpaired) electrons. The Morgan fingerprint density at radius 2 is 2.08 bits per heavy atom. The highest BCUT2D eigenvalue weighted by Crippen LogP contribution is 2.43. The monoisotopic (exact) mass is 329 g/mol. The van der Waals surface area contributed by atoms with Gasteiger partial charge in [-0.3, -0.25) is 4.79 Å². The van der Waals surface area contributed by atoms with Gasteiger partial charge in [0.2, 0.25) is 17.7 Å². The number of amides is 1. The molecule has 5 rings (SSSR count). The number of fused-ring (bicyclic) bond motifs is 1. The Labute approximate surface area is 141 Å². The second kappa shape index (κ2) is 5.69. The van der Waals surface area contributed by atoms with Crippen molar-refractivity contribution in [3.05, 3.63) is 23.4 Å². The van der Waals surface area contributed by atoms with Crippen molar-refractivity contribution < 1.29 is 13.9 Å². The number of likely N-dealkylation sites (tertiary alicyclic amines) is 1. The van der Waals surface area contributed by atoms with E-state index < -0.39 is 0 Å². The molecule has 3 fully saturated rings. The zero-order valence-electron chi connectivity index (χ0n) is 13.8. The van der Waals surface area contributed by atoms with Crippen LogP contribution < -0.4 is 0 Å². The molecule has 4 aliphatic rings. The van der Waals surface area contributed by atoms with Crippen LogP contribution in [0.3, 0.4) is 0 Å². The minimum absolute atomic E-state index is 0.0965. The van der Waals surface area contributed by atoms with Crippen molar-refractivity contribution in [1.29, 1.82) is 0 Å². The van der Waals surface area contributed by atoms with Gasteiger partial charge in [-0.25, -0.2) is 0 Å². The van der Waals surface area contributed by atoms with Crippen LogP contribution in [-0.4, -0.2) is 40.2 Å². The van der Waals surface area contributed by atoms with E-state index in [1.54, 1.807) is 0 Å². The topological polar surface area (TPSA) is 68.5 Å². The summed E-state index contributed by atoms with van der Waals surface area (Å²) in [5, 5.41) is 8.37. The predicted octanol–water partition coefficient (Wildman–Crippen LogP) is 2.74. The van der Waals surface area contributed by atoms with Gasteiger partial charge in [0.25, 0.3) is 0 Å². The van der Waals surface area contributed by atoms with Crippen molar-refractivity contribution in [2.24, 2.45) is 5.92 Å². The molecule has 24 heavy (non-hydrogen) atoms. The molecule has 0 spiro atoms. The van der Waals surface area contributed by atoms with Crippen LogP contribution in [0.5, 0.6) is 0 Å². The highest BCUT2D eigenvalue weighted by Gasteiger charge is 2.43. The standard InChI is InChI=1S/C18H23N3O3/c22-18(12-3-1-2-4-12)21-8-7-13-9-14(23-15(13)10-21)17-20-19-16(24-17)11-5-6-11/h3,11,13-15H,1-2,4-10H2/t13-,14-,15+/m1/s1. The maximum Gasteiger partial charge on any atom is 0.249 e. The van der Waals surface area contributed by atoms with Gasteiger partial charge in [0, 0.05) is 24.6 Å². The van der Waals surface area contributed by atoms with E-state index in [0.29, 0.717) is 24.3 Å². The first-order valence-electron chi connectivity index (χ1n) is 9.25. The van der Waals surface area contributed by atoms with Crippen LogP contribution in [0.15, 0.2) is 16.1 Å². The Morgan fingerprint density at radius 1 is 1.21 bits per heavy atom. The van der Waals surface area contributed by atoms with Crippen molar-refractivity contribution in [3.8, 4) is 0 Å². The van der Waals surface area contributed by atoms with Crippen molar-refractivity contribution >= 4 is 5.91 Å². The number of ether oxygens (including phenoxy) is 1. The van der Waals surface area contributed by atoms with Crippen molar-refractivity contribution in [3.63, 3.8) is 0 Å². The molecule has 0 aromatic carbocycles. The van der Waals surface area contributed by atoms with Gasteiger partial charge in [-0.2, -0.15) is 0 Å². The SMILES string of the molecule is O=C(C1=CCCC1)N1CC[C@@H]2C[C@H](c3nnc(C4CC4)o3)O[C@H]2C1. The fourth-order valence-electron chi connectivity index (χ4n) is 4.21. The number of aromatic nitrogens is 2. The van der Waals surface area contributed by atoms with E-state index in [0.717, 1.165) is 63.0 Å². The molecule has 1 saturated carbocycles. The third-order valence-corrected chi connectivity index (χ3v) is 5.81. The van der Waals surface area contributed by atoms with Crippen LogP contribution in [0.1, 0.15) is 68.7 Å². The van der Waals surface area contributed by atoms with Gasteiger partial charge in [0.1, 0.15) is 6.10 Å². The number of piperidine rings is 1. The van der Waals surface area contributed by atoms with Gasteiger partial charge in [-0.05, 0) is 50.9 Å². The van der Waals surface area contributed by atoms with E-state index in [1.807, 2.05) is 4.90 Å². The normalized spacial score (nSPS) is 32.8. The lowest BCUT2D eigenvalue weighted by Crippen LogP contribution is -2.45. The lowest BCUT2D eigenvalue weighted by Gasteiger charge is -2.34. The van der Waals surface area contributed by atoms with Gasteiger partial charge in [0.05, 0.1) is 6.10 Å². The molecule has 6 nitrogen and oxygen atoms in total. The maximum absolute atomic E-state index is 12.6. The minimum atomic E-state index is -0.0965. The van der Waals surface area contributed by atoms with E-state index in [4.69, 9.17) is 9.15 Å². The summed E-state index contributed by atoms with van der Waals surface area (Å²) in [7, 11) is 0. The van der Waals surface area contributed by atoms with E-state index in [9.17, 15) is 4.79 Å². The van der Waals surface area contributed by atoms with Gasteiger partial charge in [0.15, 0.2) is 0 Å². The molecule has 2 saturated heterocycles. The Balaban J connectivity index is 1.25. The Morgan fingerprint density at radius 3 is 2.88 bits per heavy atom. The molecule has 0 bridgehead atoms. The lowest BCUT2D eigenvalue weighted by atomic mass is 9.91. The Hall–Kier alpha value is -1.69. The van der Waals surface area contributed by atoms with E-state index in [2.05, 4.69) is 16.3 Å². The van der Waals surface area contributed by atoms with Crippen molar-refractivity contribution in [2.75, 3.05) is 13.1 Å². The van der Waals surface area contributed by atoms with Gasteiger partial charge < -0.3 is 14.1 Å². The summed E-state index contributed by atoms with van der Waals surface area (Å²) in [6.07, 6.45) is 9.44. The third kappa shape index (κ3) is 2.57. The molecule has 0 unspecified atom stereocenters. The summed E-state index contributed by atoms with van der Waals surface area (Å²) in [4.78, 5) is 14.6. The number of hydrogen-bond donors (Lipinski definition) is 0. The van der Waals surface area contributed by atoms with E-state index in [1.165, 1.54) is 0 Å². The fraction of sp³-hybridized carbons (Fsp3) is 0.722. The molecule has 1 aromatic rings. The molecule has 128 valence electrons. The zero-order chi connectivity index (χ0) is 16.1. The summed E-state index contributed by atoms with van der Waals surface area (Å²) in [6.45, 7) is 1.53. The molecule has 6 heteroatoms. The van der Waals surface area contributed by atoms with Crippen molar-refractivity contribution in [1.82, 2.24) is 15.1 Å². The highest BCUT2D eigenvalue weighted by atomic mass is 16.5. The summed E-state index contributed by atoms with van der Waals surface area (Å²) >= 11 is 0. The molecule has 3 heterocycles. The highest BCUT2D eigenvalue weighted by molar-refractivity contribution is 5.93. The van der Waals surface area contributed by atoms with Crippen molar-refractivity contribution in [2.45, 2.75) is 63.1 Å². The first kappa shape index (κ1) is 14.6. The Kier molecular flexibility index (Phi) is 3.47. The number of allylic oxidation sites excluding steroid dienone is 1.